The largest absolute Gasteiger partial charge is 0.454 e. The van der Waals surface area contributed by atoms with E-state index in [9.17, 15) is 0 Å². The molecule has 4 rings (SSSR count). The Morgan fingerprint density at radius 1 is 1.17 bits per heavy atom. The molecule has 3 heterocycles. The fourth-order valence-electron chi connectivity index (χ4n) is 2.70. The summed E-state index contributed by atoms with van der Waals surface area (Å²) in [6, 6.07) is 7.99. The van der Waals surface area contributed by atoms with Crippen molar-refractivity contribution < 1.29 is 9.47 Å². The molecule has 0 saturated carbocycles. The summed E-state index contributed by atoms with van der Waals surface area (Å²) in [5.74, 6) is 3.05. The van der Waals surface area contributed by atoms with Crippen LogP contribution in [0, 0.1) is 6.92 Å². The van der Waals surface area contributed by atoms with E-state index in [4.69, 9.17) is 9.47 Å². The molecule has 0 saturated heterocycles. The molecular formula is C17H19N5O2. The monoisotopic (exact) mass is 325 g/mol. The zero-order valence-corrected chi connectivity index (χ0v) is 13.9. The summed E-state index contributed by atoms with van der Waals surface area (Å²) in [5, 5.41) is 4.39. The number of aromatic amines is 1. The number of nitrogens with one attached hydrogen (secondary N) is 2. The number of fused-ring (bicyclic) bond motifs is 2. The molecule has 0 radical (unpaired) electrons. The van der Waals surface area contributed by atoms with Gasteiger partial charge in [-0.3, -0.25) is 0 Å². The molecule has 24 heavy (non-hydrogen) atoms. The number of anilines is 2. The molecule has 3 aromatic rings. The number of hydrogen-bond donors (Lipinski definition) is 2. The van der Waals surface area contributed by atoms with Crippen molar-refractivity contribution in [2.75, 3.05) is 31.1 Å². The van der Waals surface area contributed by atoms with Gasteiger partial charge in [-0.05, 0) is 30.7 Å². The summed E-state index contributed by atoms with van der Waals surface area (Å²) in [4.78, 5) is 14.3. The second-order valence-electron chi connectivity index (χ2n) is 6.02. The first-order chi connectivity index (χ1) is 11.6. The van der Waals surface area contributed by atoms with E-state index < -0.39 is 0 Å². The van der Waals surface area contributed by atoms with Gasteiger partial charge in [0.1, 0.15) is 11.5 Å². The molecule has 1 aliphatic heterocycles. The summed E-state index contributed by atoms with van der Waals surface area (Å²) in [6.45, 7) is 2.94. The lowest BCUT2D eigenvalue weighted by Gasteiger charge is -2.13. The first-order valence-electron chi connectivity index (χ1n) is 7.77. The van der Waals surface area contributed by atoms with Crippen molar-refractivity contribution >= 4 is 22.8 Å². The quantitative estimate of drug-likeness (QED) is 0.768. The van der Waals surface area contributed by atoms with Gasteiger partial charge < -0.3 is 24.7 Å². The third-order valence-electron chi connectivity index (χ3n) is 3.91. The number of hydrogen-bond acceptors (Lipinski definition) is 6. The second-order valence-corrected chi connectivity index (χ2v) is 6.02. The van der Waals surface area contributed by atoms with Gasteiger partial charge in [-0.1, -0.05) is 6.07 Å². The Morgan fingerprint density at radius 2 is 2.00 bits per heavy atom. The molecule has 0 unspecified atom stereocenters. The van der Waals surface area contributed by atoms with Gasteiger partial charge in [0.05, 0.1) is 5.39 Å². The van der Waals surface area contributed by atoms with Crippen LogP contribution in [0.25, 0.3) is 11.0 Å². The van der Waals surface area contributed by atoms with Crippen LogP contribution in [0.3, 0.4) is 0 Å². The lowest BCUT2D eigenvalue weighted by molar-refractivity contribution is 0.174. The van der Waals surface area contributed by atoms with Gasteiger partial charge in [-0.15, -0.1) is 0 Å². The van der Waals surface area contributed by atoms with E-state index >= 15 is 0 Å². The SMILES string of the molecule is Cc1cc2c(NCc3ccc4c(c3)OCO4)nc(N(C)C)nc2[nH]1. The predicted octanol–water partition coefficient (Wildman–Crippen LogP) is 2.67. The molecule has 1 aromatic carbocycles. The highest BCUT2D eigenvalue weighted by Gasteiger charge is 2.14. The highest BCUT2D eigenvalue weighted by atomic mass is 16.7. The van der Waals surface area contributed by atoms with Crippen molar-refractivity contribution in [3.63, 3.8) is 0 Å². The van der Waals surface area contributed by atoms with Gasteiger partial charge in [0, 0.05) is 26.3 Å². The Labute approximate surface area is 139 Å². The minimum atomic E-state index is 0.285. The molecule has 2 aromatic heterocycles. The van der Waals surface area contributed by atoms with Crippen LogP contribution >= 0.6 is 0 Å². The van der Waals surface area contributed by atoms with Crippen LogP contribution < -0.4 is 19.7 Å². The number of aromatic nitrogens is 3. The maximum Gasteiger partial charge on any atom is 0.231 e. The summed E-state index contributed by atoms with van der Waals surface area (Å²) in [6.07, 6.45) is 0. The summed E-state index contributed by atoms with van der Waals surface area (Å²) >= 11 is 0. The van der Waals surface area contributed by atoms with E-state index in [1.807, 2.05) is 44.1 Å². The lowest BCUT2D eigenvalue weighted by Crippen LogP contribution is -2.14. The Bertz CT molecular complexity index is 903. The van der Waals surface area contributed by atoms with Crippen LogP contribution in [0.1, 0.15) is 11.3 Å². The maximum absolute atomic E-state index is 5.43. The smallest absolute Gasteiger partial charge is 0.231 e. The van der Waals surface area contributed by atoms with Gasteiger partial charge in [0.15, 0.2) is 11.5 Å². The first-order valence-corrected chi connectivity index (χ1v) is 7.77. The molecule has 2 N–H and O–H groups in total. The zero-order valence-electron chi connectivity index (χ0n) is 13.9. The molecule has 0 spiro atoms. The van der Waals surface area contributed by atoms with Gasteiger partial charge in [0.2, 0.25) is 12.7 Å². The van der Waals surface area contributed by atoms with Crippen LogP contribution in [0.4, 0.5) is 11.8 Å². The van der Waals surface area contributed by atoms with Gasteiger partial charge in [-0.2, -0.15) is 9.97 Å². The molecule has 7 heteroatoms. The van der Waals surface area contributed by atoms with E-state index in [1.54, 1.807) is 0 Å². The van der Waals surface area contributed by atoms with E-state index in [0.29, 0.717) is 12.5 Å². The van der Waals surface area contributed by atoms with Crippen LogP contribution in [0.2, 0.25) is 0 Å². The first kappa shape index (κ1) is 14.6. The number of rotatable bonds is 4. The van der Waals surface area contributed by atoms with Crippen LogP contribution in [0.5, 0.6) is 11.5 Å². The molecule has 0 bridgehead atoms. The van der Waals surface area contributed by atoms with Crippen molar-refractivity contribution in [2.45, 2.75) is 13.5 Å². The topological polar surface area (TPSA) is 75.3 Å². The fraction of sp³-hybridized carbons (Fsp3) is 0.294. The summed E-state index contributed by atoms with van der Waals surface area (Å²) in [5.41, 5.74) is 2.99. The minimum absolute atomic E-state index is 0.285. The number of benzene rings is 1. The van der Waals surface area contributed by atoms with E-state index in [-0.39, 0.29) is 6.79 Å². The fourth-order valence-corrected chi connectivity index (χ4v) is 2.70. The number of aryl methyl sites for hydroxylation is 1. The molecule has 0 aliphatic carbocycles. The Balaban J connectivity index is 1.63. The molecule has 0 amide bonds. The lowest BCUT2D eigenvalue weighted by atomic mass is 10.2. The highest BCUT2D eigenvalue weighted by Crippen LogP contribution is 2.33. The van der Waals surface area contributed by atoms with Crippen molar-refractivity contribution in [1.82, 2.24) is 15.0 Å². The number of nitrogens with zero attached hydrogens (tertiary/aromatic N) is 3. The van der Waals surface area contributed by atoms with Crippen molar-refractivity contribution in [3.8, 4) is 11.5 Å². The highest BCUT2D eigenvalue weighted by molar-refractivity contribution is 5.89. The molecular weight excluding hydrogens is 306 g/mol. The molecule has 0 fully saturated rings. The van der Waals surface area contributed by atoms with E-state index in [1.165, 1.54) is 0 Å². The molecule has 124 valence electrons. The maximum atomic E-state index is 5.43. The summed E-state index contributed by atoms with van der Waals surface area (Å²) < 4.78 is 10.8. The minimum Gasteiger partial charge on any atom is -0.454 e. The van der Waals surface area contributed by atoms with Gasteiger partial charge >= 0.3 is 0 Å². The summed E-state index contributed by atoms with van der Waals surface area (Å²) in [7, 11) is 3.86. The standard InChI is InChI=1S/C17H19N5O2/c1-10-6-12-15(20-17(22(2)3)21-16(12)19-10)18-8-11-4-5-13-14(7-11)24-9-23-13/h4-7H,8-9H2,1-3H3,(H2,18,19,20,21). The van der Waals surface area contributed by atoms with Crippen LogP contribution in [-0.2, 0) is 6.54 Å². The Morgan fingerprint density at radius 3 is 2.83 bits per heavy atom. The van der Waals surface area contributed by atoms with Crippen LogP contribution in [-0.4, -0.2) is 35.8 Å². The third-order valence-corrected chi connectivity index (χ3v) is 3.91. The van der Waals surface area contributed by atoms with E-state index in [0.717, 1.165) is 39.6 Å². The van der Waals surface area contributed by atoms with Crippen molar-refractivity contribution in [3.05, 3.63) is 35.5 Å². The van der Waals surface area contributed by atoms with Gasteiger partial charge in [-0.25, -0.2) is 0 Å². The Hall–Kier alpha value is -2.96. The second kappa shape index (κ2) is 5.59. The normalized spacial score (nSPS) is 12.6. The third kappa shape index (κ3) is 2.58. The van der Waals surface area contributed by atoms with E-state index in [2.05, 4.69) is 26.3 Å². The average Bonchev–Trinajstić information content (AvgIpc) is 3.16. The number of H-pyrrole nitrogens is 1. The van der Waals surface area contributed by atoms with Gasteiger partial charge in [0.25, 0.3) is 0 Å². The molecule has 7 nitrogen and oxygen atoms in total. The predicted molar refractivity (Wildman–Crippen MR) is 92.8 cm³/mol. The molecule has 0 atom stereocenters. The molecule has 1 aliphatic rings. The van der Waals surface area contributed by atoms with Crippen molar-refractivity contribution in [1.29, 1.82) is 0 Å². The number of ether oxygens (including phenoxy) is 2. The average molecular weight is 325 g/mol. The Kier molecular flexibility index (Phi) is 3.41. The zero-order chi connectivity index (χ0) is 16.7. The van der Waals surface area contributed by atoms with Crippen molar-refractivity contribution in [2.24, 2.45) is 0 Å². The van der Waals surface area contributed by atoms with Crippen LogP contribution in [0.15, 0.2) is 24.3 Å².